The van der Waals surface area contributed by atoms with Crippen LogP contribution in [0.15, 0.2) is 17.4 Å². The predicted octanol–water partition coefficient (Wildman–Crippen LogP) is 1.88. The van der Waals surface area contributed by atoms with Gasteiger partial charge in [0.1, 0.15) is 11.6 Å². The molecule has 0 aliphatic carbocycles. The Kier molecular flexibility index (Phi) is 6.38. The molecule has 0 spiro atoms. The minimum absolute atomic E-state index is 0.0895. The second-order valence-corrected chi connectivity index (χ2v) is 4.66. The highest BCUT2D eigenvalue weighted by atomic mass is 35.5. The fourth-order valence-electron chi connectivity index (χ4n) is 1.29. The van der Waals surface area contributed by atoms with Gasteiger partial charge in [-0.15, -0.1) is 0 Å². The van der Waals surface area contributed by atoms with Gasteiger partial charge in [0.25, 0.3) is 0 Å². The maximum atomic E-state index is 8.62. The Bertz CT molecular complexity index is 438. The number of hydrogen-bond acceptors (Lipinski definition) is 5. The van der Waals surface area contributed by atoms with Crippen LogP contribution in [0.1, 0.15) is 19.4 Å². The van der Waals surface area contributed by atoms with Crippen molar-refractivity contribution in [2.24, 2.45) is 16.8 Å². The number of pyridine rings is 1. The predicted molar refractivity (Wildman–Crippen MR) is 72.9 cm³/mol. The average Bonchev–Trinajstić information content (AvgIpc) is 2.39. The highest BCUT2D eigenvalue weighted by Gasteiger charge is 2.12. The van der Waals surface area contributed by atoms with Crippen LogP contribution >= 0.6 is 11.6 Å². The summed E-state index contributed by atoms with van der Waals surface area (Å²) in [7, 11) is 0. The summed E-state index contributed by atoms with van der Waals surface area (Å²) >= 11 is 6.05. The molecule has 0 saturated carbocycles. The molecule has 1 aromatic heterocycles. The molecule has 0 saturated heterocycles. The standard InChI is InChI=1S/C12H18ClN3O3/c1-8(2)7-18-5-6-19-12-10(13)9(3-4-15-12)11(14)16-17/h3-4,8,17H,5-7H2,1-2H3,(H2,14,16). The number of hydrogen-bond donors (Lipinski definition) is 2. The summed E-state index contributed by atoms with van der Waals surface area (Å²) in [6, 6.07) is 1.54. The van der Waals surface area contributed by atoms with Gasteiger partial charge in [0.05, 0.1) is 6.61 Å². The summed E-state index contributed by atoms with van der Waals surface area (Å²) in [5.74, 6) is 0.623. The van der Waals surface area contributed by atoms with Crippen LogP contribution in [0.3, 0.4) is 0 Å². The lowest BCUT2D eigenvalue weighted by molar-refractivity contribution is 0.0806. The first-order valence-electron chi connectivity index (χ1n) is 5.89. The fourth-order valence-corrected chi connectivity index (χ4v) is 1.56. The van der Waals surface area contributed by atoms with Gasteiger partial charge in [0, 0.05) is 18.4 Å². The van der Waals surface area contributed by atoms with Gasteiger partial charge < -0.3 is 20.4 Å². The van der Waals surface area contributed by atoms with Crippen LogP contribution in [0.25, 0.3) is 0 Å². The maximum Gasteiger partial charge on any atom is 0.233 e. The van der Waals surface area contributed by atoms with Crippen molar-refractivity contribution in [1.82, 2.24) is 4.98 Å². The van der Waals surface area contributed by atoms with E-state index in [2.05, 4.69) is 24.0 Å². The van der Waals surface area contributed by atoms with Gasteiger partial charge >= 0.3 is 0 Å². The van der Waals surface area contributed by atoms with Crippen LogP contribution in [0.5, 0.6) is 5.88 Å². The van der Waals surface area contributed by atoms with E-state index in [4.69, 9.17) is 32.0 Å². The number of nitrogens with zero attached hydrogens (tertiary/aromatic N) is 2. The number of amidine groups is 1. The molecular formula is C12H18ClN3O3. The molecule has 1 heterocycles. The van der Waals surface area contributed by atoms with E-state index in [9.17, 15) is 0 Å². The van der Waals surface area contributed by atoms with Crippen molar-refractivity contribution in [3.63, 3.8) is 0 Å². The summed E-state index contributed by atoms with van der Waals surface area (Å²) in [4.78, 5) is 3.99. The van der Waals surface area contributed by atoms with Crippen LogP contribution in [0.4, 0.5) is 0 Å². The Hall–Kier alpha value is -1.53. The molecule has 0 aromatic carbocycles. The first kappa shape index (κ1) is 15.5. The highest BCUT2D eigenvalue weighted by molar-refractivity contribution is 6.35. The van der Waals surface area contributed by atoms with Crippen LogP contribution < -0.4 is 10.5 Å². The second-order valence-electron chi connectivity index (χ2n) is 4.28. The summed E-state index contributed by atoms with van der Waals surface area (Å²) in [6.45, 7) is 5.59. The van der Waals surface area contributed by atoms with E-state index < -0.39 is 0 Å². The van der Waals surface area contributed by atoms with Crippen LogP contribution in [-0.4, -0.2) is 35.8 Å². The number of nitrogens with two attached hydrogens (primary N) is 1. The topological polar surface area (TPSA) is 90.0 Å². The first-order valence-corrected chi connectivity index (χ1v) is 6.27. The summed E-state index contributed by atoms with van der Waals surface area (Å²) in [5, 5.41) is 11.7. The SMILES string of the molecule is CC(C)COCCOc1nccc(/C(N)=N/O)c1Cl. The Balaban J connectivity index is 2.55. The third-order valence-electron chi connectivity index (χ3n) is 2.16. The summed E-state index contributed by atoms with van der Waals surface area (Å²) in [5.41, 5.74) is 5.85. The molecule has 0 aliphatic rings. The van der Waals surface area contributed by atoms with Gasteiger partial charge in [0.2, 0.25) is 5.88 Å². The molecule has 106 valence electrons. The average molecular weight is 288 g/mol. The zero-order valence-corrected chi connectivity index (χ0v) is 11.7. The minimum atomic E-state index is -0.0895. The molecule has 19 heavy (non-hydrogen) atoms. The molecule has 0 radical (unpaired) electrons. The molecule has 0 amide bonds. The van der Waals surface area contributed by atoms with Crippen molar-refractivity contribution in [2.45, 2.75) is 13.8 Å². The fraction of sp³-hybridized carbons (Fsp3) is 0.500. The van der Waals surface area contributed by atoms with Crippen molar-refractivity contribution in [2.75, 3.05) is 19.8 Å². The van der Waals surface area contributed by atoms with Crippen LogP contribution in [-0.2, 0) is 4.74 Å². The quantitative estimate of drug-likeness (QED) is 0.263. The normalized spacial score (nSPS) is 11.9. The van der Waals surface area contributed by atoms with E-state index in [1.54, 1.807) is 6.07 Å². The Morgan fingerprint density at radius 3 is 2.89 bits per heavy atom. The van der Waals surface area contributed by atoms with E-state index in [1.807, 2.05) is 0 Å². The first-order chi connectivity index (χ1) is 9.06. The van der Waals surface area contributed by atoms with Gasteiger partial charge in [0.15, 0.2) is 5.84 Å². The Morgan fingerprint density at radius 2 is 2.26 bits per heavy atom. The molecule has 1 rings (SSSR count). The lowest BCUT2D eigenvalue weighted by Crippen LogP contribution is -2.15. The molecule has 0 aliphatic heterocycles. The zero-order chi connectivity index (χ0) is 14.3. The maximum absolute atomic E-state index is 8.62. The molecule has 1 aromatic rings. The highest BCUT2D eigenvalue weighted by Crippen LogP contribution is 2.25. The zero-order valence-electron chi connectivity index (χ0n) is 11.0. The monoisotopic (exact) mass is 287 g/mol. The summed E-state index contributed by atoms with van der Waals surface area (Å²) in [6.07, 6.45) is 1.48. The Morgan fingerprint density at radius 1 is 1.53 bits per heavy atom. The molecule has 0 fully saturated rings. The van der Waals surface area contributed by atoms with Crippen molar-refractivity contribution >= 4 is 17.4 Å². The van der Waals surface area contributed by atoms with E-state index >= 15 is 0 Å². The van der Waals surface area contributed by atoms with Crippen LogP contribution in [0, 0.1) is 5.92 Å². The summed E-state index contributed by atoms with van der Waals surface area (Å²) < 4.78 is 10.8. The second kappa shape index (κ2) is 7.81. The number of oxime groups is 1. The number of ether oxygens (including phenoxy) is 2. The van der Waals surface area contributed by atoms with Gasteiger partial charge in [-0.25, -0.2) is 4.98 Å². The van der Waals surface area contributed by atoms with Gasteiger partial charge in [-0.05, 0) is 12.0 Å². The molecule has 0 bridgehead atoms. The van der Waals surface area contributed by atoms with Gasteiger partial charge in [-0.3, -0.25) is 0 Å². The van der Waals surface area contributed by atoms with E-state index in [1.165, 1.54) is 6.20 Å². The third-order valence-corrected chi connectivity index (χ3v) is 2.52. The van der Waals surface area contributed by atoms with Gasteiger partial charge in [-0.2, -0.15) is 0 Å². The van der Waals surface area contributed by atoms with E-state index in [-0.39, 0.29) is 16.7 Å². The van der Waals surface area contributed by atoms with Crippen molar-refractivity contribution in [1.29, 1.82) is 0 Å². The van der Waals surface area contributed by atoms with Crippen LogP contribution in [0.2, 0.25) is 5.02 Å². The number of halogens is 1. The van der Waals surface area contributed by atoms with E-state index in [0.29, 0.717) is 31.3 Å². The third kappa shape index (κ3) is 4.92. The molecule has 0 atom stereocenters. The van der Waals surface area contributed by atoms with Gasteiger partial charge in [-0.1, -0.05) is 30.6 Å². The van der Waals surface area contributed by atoms with Crippen molar-refractivity contribution in [3.8, 4) is 5.88 Å². The smallest absolute Gasteiger partial charge is 0.233 e. The lowest BCUT2D eigenvalue weighted by atomic mass is 10.2. The molecule has 7 heteroatoms. The molecular weight excluding hydrogens is 270 g/mol. The van der Waals surface area contributed by atoms with Crippen molar-refractivity contribution in [3.05, 3.63) is 22.8 Å². The molecule has 3 N–H and O–H groups in total. The lowest BCUT2D eigenvalue weighted by Gasteiger charge is -2.10. The number of rotatable bonds is 7. The molecule has 6 nitrogen and oxygen atoms in total. The minimum Gasteiger partial charge on any atom is -0.474 e. The molecule has 0 unspecified atom stereocenters. The Labute approximate surface area is 117 Å². The van der Waals surface area contributed by atoms with Crippen molar-refractivity contribution < 1.29 is 14.7 Å². The van der Waals surface area contributed by atoms with E-state index in [0.717, 1.165) is 0 Å². The largest absolute Gasteiger partial charge is 0.474 e. The number of aromatic nitrogens is 1.